The van der Waals surface area contributed by atoms with Gasteiger partial charge in [0, 0.05) is 6.42 Å². The number of nitrogens with one attached hydrogen (secondary N) is 1. The number of allylic oxidation sites excluding steroid dienone is 7. The van der Waals surface area contributed by atoms with Gasteiger partial charge < -0.3 is 65.1 Å². The minimum Gasteiger partial charge on any atom is -0.394 e. The van der Waals surface area contributed by atoms with Crippen LogP contribution in [0.15, 0.2) is 48.6 Å². The Morgan fingerprint density at radius 3 is 1.86 bits per heavy atom. The van der Waals surface area contributed by atoms with Crippen LogP contribution in [0.3, 0.4) is 0 Å². The maximum atomic E-state index is 13.0. The molecule has 14 heteroatoms. The highest BCUT2D eigenvalue weighted by atomic mass is 16.7. The Bertz CT molecular complexity index is 1150. The number of carbonyl (C=O) groups excluding carboxylic acids is 1. The molecule has 0 saturated carbocycles. The zero-order valence-electron chi connectivity index (χ0n) is 34.3. The number of unbranched alkanes of at least 4 members (excludes halogenated alkanes) is 11. The summed E-state index contributed by atoms with van der Waals surface area (Å²) in [6.45, 7) is 2.56. The van der Waals surface area contributed by atoms with Crippen LogP contribution < -0.4 is 5.32 Å². The first-order chi connectivity index (χ1) is 27.6. The summed E-state index contributed by atoms with van der Waals surface area (Å²) in [5, 5.41) is 86.1. The minimum atomic E-state index is -1.79. The molecule has 2 saturated heterocycles. The number of aliphatic hydroxyl groups excluding tert-OH is 8. The highest BCUT2D eigenvalue weighted by Gasteiger charge is 2.50. The van der Waals surface area contributed by atoms with Gasteiger partial charge in [0.1, 0.15) is 48.8 Å². The van der Waals surface area contributed by atoms with Crippen LogP contribution in [0.25, 0.3) is 0 Å². The molecule has 12 atom stereocenters. The van der Waals surface area contributed by atoms with Gasteiger partial charge >= 0.3 is 0 Å². The predicted molar refractivity (Wildman–Crippen MR) is 217 cm³/mol. The van der Waals surface area contributed by atoms with Crippen molar-refractivity contribution in [2.24, 2.45) is 0 Å². The maximum Gasteiger partial charge on any atom is 0.220 e. The molecule has 1 amide bonds. The Balaban J connectivity index is 1.91. The third-order valence-corrected chi connectivity index (χ3v) is 10.3. The van der Waals surface area contributed by atoms with Gasteiger partial charge in [-0.05, 0) is 51.4 Å². The first-order valence-corrected chi connectivity index (χ1v) is 21.4. The first-order valence-electron chi connectivity index (χ1n) is 21.4. The second-order valence-corrected chi connectivity index (χ2v) is 15.1. The molecule has 0 aromatic heterocycles. The van der Waals surface area contributed by atoms with Crippen LogP contribution in [-0.4, -0.2) is 140 Å². The lowest BCUT2D eigenvalue weighted by Crippen LogP contribution is -2.65. The monoisotopic (exact) mass is 814 g/mol. The molecule has 0 radical (unpaired) electrons. The van der Waals surface area contributed by atoms with Crippen molar-refractivity contribution in [2.75, 3.05) is 19.8 Å². The van der Waals surface area contributed by atoms with Crippen molar-refractivity contribution in [1.29, 1.82) is 0 Å². The molecule has 0 spiro atoms. The molecule has 0 aliphatic carbocycles. The Labute approximate surface area is 340 Å². The molecule has 57 heavy (non-hydrogen) atoms. The van der Waals surface area contributed by atoms with E-state index in [0.29, 0.717) is 6.42 Å². The lowest BCUT2D eigenvalue weighted by Gasteiger charge is -2.46. The minimum absolute atomic E-state index is 0.259. The Kier molecular flexibility index (Phi) is 27.7. The summed E-state index contributed by atoms with van der Waals surface area (Å²) < 4.78 is 22.5. The normalized spacial score (nSPS) is 29.6. The molecule has 2 heterocycles. The summed E-state index contributed by atoms with van der Waals surface area (Å²) >= 11 is 0. The first kappa shape index (κ1) is 51.1. The van der Waals surface area contributed by atoms with Gasteiger partial charge in [0.2, 0.25) is 5.91 Å². The number of hydrogen-bond acceptors (Lipinski definition) is 13. The van der Waals surface area contributed by atoms with Crippen molar-refractivity contribution in [1.82, 2.24) is 5.32 Å². The fourth-order valence-corrected chi connectivity index (χ4v) is 6.71. The quantitative estimate of drug-likeness (QED) is 0.0375. The summed E-state index contributed by atoms with van der Waals surface area (Å²) in [6, 6.07) is -0.920. The van der Waals surface area contributed by atoms with Crippen LogP contribution in [0.1, 0.15) is 123 Å². The van der Waals surface area contributed by atoms with E-state index in [2.05, 4.69) is 55.6 Å². The standard InChI is InChI=1S/C43H75NO13/c1-3-5-7-9-11-13-14-15-16-17-18-19-21-23-25-27-35(48)44-31(32(47)26-24-22-20-12-10-8-6-4-2)30-54-42-40(53)38(51)41(34(29-46)56-42)57-43-39(52)37(50)36(49)33(28-45)55-43/h5,7,11,13,15-16,24,26,31-34,36-43,45-47,49-53H,3-4,6,8-10,12,14,17-23,25,27-30H2,1-2H3,(H,44,48)/b7-5-,13-11-,16-15-,26-24+. The van der Waals surface area contributed by atoms with E-state index in [-0.39, 0.29) is 18.9 Å². The molecule has 0 bridgehead atoms. The number of carbonyl (C=O) groups is 1. The Morgan fingerprint density at radius 2 is 1.21 bits per heavy atom. The number of rotatable bonds is 30. The molecule has 0 aromatic rings. The van der Waals surface area contributed by atoms with Crippen LogP contribution in [0.2, 0.25) is 0 Å². The van der Waals surface area contributed by atoms with E-state index in [0.717, 1.165) is 77.0 Å². The van der Waals surface area contributed by atoms with Crippen molar-refractivity contribution >= 4 is 5.91 Å². The third kappa shape index (κ3) is 19.7. The van der Waals surface area contributed by atoms with E-state index in [9.17, 15) is 45.6 Å². The fraction of sp³-hybridized carbons (Fsp3) is 0.791. The van der Waals surface area contributed by atoms with E-state index in [1.54, 1.807) is 6.08 Å². The molecule has 2 aliphatic heterocycles. The van der Waals surface area contributed by atoms with Gasteiger partial charge in [0.25, 0.3) is 0 Å². The molecule has 2 rings (SSSR count). The molecule has 9 N–H and O–H groups in total. The maximum absolute atomic E-state index is 13.0. The van der Waals surface area contributed by atoms with E-state index in [1.807, 2.05) is 6.08 Å². The molecule has 12 unspecified atom stereocenters. The van der Waals surface area contributed by atoms with Crippen LogP contribution in [0.5, 0.6) is 0 Å². The number of ether oxygens (including phenoxy) is 4. The Hall–Kier alpha value is -2.05. The van der Waals surface area contributed by atoms with Gasteiger partial charge in [-0.1, -0.05) is 114 Å². The van der Waals surface area contributed by atoms with E-state index >= 15 is 0 Å². The van der Waals surface area contributed by atoms with E-state index in [1.165, 1.54) is 19.3 Å². The van der Waals surface area contributed by atoms with Crippen molar-refractivity contribution < 1.29 is 64.6 Å². The van der Waals surface area contributed by atoms with Crippen LogP contribution >= 0.6 is 0 Å². The summed E-state index contributed by atoms with van der Waals surface area (Å²) in [4.78, 5) is 13.0. The predicted octanol–water partition coefficient (Wildman–Crippen LogP) is 3.37. The van der Waals surface area contributed by atoms with Gasteiger partial charge in [-0.15, -0.1) is 0 Å². The molecule has 0 aromatic carbocycles. The number of aliphatic hydroxyl groups is 8. The van der Waals surface area contributed by atoms with Crippen molar-refractivity contribution in [2.45, 2.75) is 197 Å². The van der Waals surface area contributed by atoms with Crippen LogP contribution in [0.4, 0.5) is 0 Å². The second-order valence-electron chi connectivity index (χ2n) is 15.1. The molecule has 2 fully saturated rings. The van der Waals surface area contributed by atoms with E-state index < -0.39 is 86.8 Å². The molecule has 2 aliphatic rings. The smallest absolute Gasteiger partial charge is 0.220 e. The van der Waals surface area contributed by atoms with Crippen LogP contribution in [0, 0.1) is 0 Å². The lowest BCUT2D eigenvalue weighted by atomic mass is 9.97. The zero-order chi connectivity index (χ0) is 41.8. The molecule has 14 nitrogen and oxygen atoms in total. The zero-order valence-corrected chi connectivity index (χ0v) is 34.3. The van der Waals surface area contributed by atoms with Crippen molar-refractivity contribution in [3.05, 3.63) is 48.6 Å². The van der Waals surface area contributed by atoms with E-state index in [4.69, 9.17) is 18.9 Å². The highest BCUT2D eigenvalue weighted by Crippen LogP contribution is 2.29. The van der Waals surface area contributed by atoms with Gasteiger partial charge in [0.15, 0.2) is 12.6 Å². The molecule has 330 valence electrons. The number of amides is 1. The second kappa shape index (κ2) is 30.9. The summed E-state index contributed by atoms with van der Waals surface area (Å²) in [7, 11) is 0. The average Bonchev–Trinajstić information content (AvgIpc) is 3.21. The number of hydrogen-bond donors (Lipinski definition) is 9. The lowest BCUT2D eigenvalue weighted by molar-refractivity contribution is -0.359. The topological polar surface area (TPSA) is 228 Å². The van der Waals surface area contributed by atoms with Crippen LogP contribution in [-0.2, 0) is 23.7 Å². The van der Waals surface area contributed by atoms with Crippen molar-refractivity contribution in [3.63, 3.8) is 0 Å². The SMILES string of the molecule is CC/C=C\C/C=C\C/C=C\CCCCCCCC(=O)NC(COC1OC(CO)C(OC2OC(CO)C(O)C(O)C2O)C(O)C1O)C(O)/C=C/CCCCCCCC. The average molecular weight is 814 g/mol. The Morgan fingerprint density at radius 1 is 0.649 bits per heavy atom. The van der Waals surface area contributed by atoms with Gasteiger partial charge in [-0.3, -0.25) is 4.79 Å². The third-order valence-electron chi connectivity index (χ3n) is 10.3. The van der Waals surface area contributed by atoms with Gasteiger partial charge in [0.05, 0.1) is 32.0 Å². The van der Waals surface area contributed by atoms with Crippen molar-refractivity contribution in [3.8, 4) is 0 Å². The largest absolute Gasteiger partial charge is 0.394 e. The molecular formula is C43H75NO13. The fourth-order valence-electron chi connectivity index (χ4n) is 6.71. The molecular weight excluding hydrogens is 738 g/mol. The summed E-state index contributed by atoms with van der Waals surface area (Å²) in [5.74, 6) is -0.264. The van der Waals surface area contributed by atoms with Gasteiger partial charge in [-0.2, -0.15) is 0 Å². The summed E-state index contributed by atoms with van der Waals surface area (Å²) in [5.41, 5.74) is 0. The summed E-state index contributed by atoms with van der Waals surface area (Å²) in [6.07, 6.45) is 16.1. The highest BCUT2D eigenvalue weighted by molar-refractivity contribution is 5.76. The van der Waals surface area contributed by atoms with Gasteiger partial charge in [-0.25, -0.2) is 0 Å².